The summed E-state index contributed by atoms with van der Waals surface area (Å²) < 4.78 is 14.0. The fourth-order valence-electron chi connectivity index (χ4n) is 15.7. The summed E-state index contributed by atoms with van der Waals surface area (Å²) in [5, 5.41) is 0. The number of allylic oxidation sites excluding steroid dienone is 2. The van der Waals surface area contributed by atoms with Gasteiger partial charge in [0.15, 0.2) is 5.60 Å². The lowest BCUT2D eigenvalue weighted by atomic mass is 9.31. The second kappa shape index (κ2) is 13.3. The van der Waals surface area contributed by atoms with Gasteiger partial charge in [0.05, 0.1) is 11.0 Å². The van der Waals surface area contributed by atoms with E-state index in [9.17, 15) is 4.79 Å². The normalized spacial score (nSPS) is 43.2. The molecule has 1 aromatic carbocycles. The summed E-state index contributed by atoms with van der Waals surface area (Å²) in [4.78, 5) is 35.7. The Morgan fingerprint density at radius 2 is 1.89 bits per heavy atom. The number of hydrogen-bond acceptors (Lipinski definition) is 7. The lowest BCUT2D eigenvalue weighted by Gasteiger charge is -2.69. The molecule has 4 aliphatic carbocycles. The molecule has 56 heavy (non-hydrogen) atoms. The van der Waals surface area contributed by atoms with Crippen LogP contribution in [0.1, 0.15) is 138 Å². The Bertz CT molecular complexity index is 1890. The van der Waals surface area contributed by atoms with Crippen LogP contribution >= 0.6 is 0 Å². The van der Waals surface area contributed by atoms with E-state index in [2.05, 4.69) is 60.1 Å². The Balaban J connectivity index is 1.14. The van der Waals surface area contributed by atoms with Crippen molar-refractivity contribution in [2.45, 2.75) is 141 Å². The number of piperidine rings is 3. The van der Waals surface area contributed by atoms with E-state index in [4.69, 9.17) is 15.2 Å². The van der Waals surface area contributed by atoms with Gasteiger partial charge in [0.2, 0.25) is 0 Å². The van der Waals surface area contributed by atoms with E-state index in [-0.39, 0.29) is 17.9 Å². The molecule has 16 rings (SSSR count). The Hall–Kier alpha value is -2.90. The molecule has 7 heteroatoms. The van der Waals surface area contributed by atoms with Gasteiger partial charge in [-0.1, -0.05) is 88.3 Å². The number of nitrogens with zero attached hydrogens (tertiary/aromatic N) is 2. The molecule has 4 saturated heterocycles. The molecule has 0 radical (unpaired) electrons. The van der Waals surface area contributed by atoms with E-state index in [1.165, 1.54) is 76.6 Å². The average molecular weight is 760 g/mol. The van der Waals surface area contributed by atoms with Gasteiger partial charge < -0.3 is 20.1 Å². The number of aryl methyl sites for hydroxylation is 1. The van der Waals surface area contributed by atoms with Crippen LogP contribution in [-0.4, -0.2) is 60.0 Å². The van der Waals surface area contributed by atoms with Crippen LogP contribution in [0.2, 0.25) is 0 Å². The molecule has 1 aromatic rings. The lowest BCUT2D eigenvalue weighted by Crippen LogP contribution is -2.75. The van der Waals surface area contributed by atoms with E-state index in [0.29, 0.717) is 48.2 Å². The number of ether oxygens (including phenoxy) is 2. The van der Waals surface area contributed by atoms with E-state index in [0.717, 1.165) is 86.2 Å². The number of esters is 2. The first kappa shape index (κ1) is 36.2. The minimum Gasteiger partial charge on any atom is -0.449 e. The van der Waals surface area contributed by atoms with Crippen molar-refractivity contribution in [2.75, 3.05) is 26.2 Å². The number of carbonyl (C=O) groups excluding carboxylic acids is 2. The van der Waals surface area contributed by atoms with E-state index in [1.807, 2.05) is 0 Å². The van der Waals surface area contributed by atoms with Gasteiger partial charge >= 0.3 is 11.9 Å². The van der Waals surface area contributed by atoms with E-state index >= 15 is 4.79 Å². The van der Waals surface area contributed by atoms with Crippen molar-refractivity contribution in [3.63, 3.8) is 0 Å². The third-order valence-corrected chi connectivity index (χ3v) is 17.7. The van der Waals surface area contributed by atoms with Crippen molar-refractivity contribution in [3.05, 3.63) is 70.1 Å². The molecule has 12 unspecified atom stereocenters. The highest BCUT2D eigenvalue weighted by Gasteiger charge is 2.91. The molecular weight excluding hydrogens is 695 g/mol. The second-order valence-electron chi connectivity index (χ2n) is 20.4. The van der Waals surface area contributed by atoms with Crippen LogP contribution in [0.25, 0.3) is 0 Å². The molecule has 7 nitrogen and oxygen atoms in total. The number of nitrogens with two attached hydrogens (primary N) is 1. The molecule has 15 aliphatic rings. The Kier molecular flexibility index (Phi) is 8.60. The summed E-state index contributed by atoms with van der Waals surface area (Å²) >= 11 is 0. The van der Waals surface area contributed by atoms with Gasteiger partial charge in [0.1, 0.15) is 11.2 Å². The third kappa shape index (κ3) is 4.76. The summed E-state index contributed by atoms with van der Waals surface area (Å²) in [6.45, 7) is 8.77. The summed E-state index contributed by atoms with van der Waals surface area (Å²) in [6.07, 6.45) is 26.6. The Morgan fingerprint density at radius 1 is 1.02 bits per heavy atom. The first-order chi connectivity index (χ1) is 27.3. The molecule has 11 heterocycles. The van der Waals surface area contributed by atoms with Crippen molar-refractivity contribution in [3.8, 4) is 0 Å². The molecular formula is C49H65N3O4. The molecule has 12 atom stereocenters. The highest BCUT2D eigenvalue weighted by Crippen LogP contribution is 2.84. The molecule has 0 amide bonds. The predicted octanol–water partition coefficient (Wildman–Crippen LogP) is 8.82. The third-order valence-electron chi connectivity index (χ3n) is 17.7. The van der Waals surface area contributed by atoms with Gasteiger partial charge in [-0.2, -0.15) is 0 Å². The van der Waals surface area contributed by atoms with E-state index < -0.39 is 16.4 Å². The molecule has 2 spiro atoms. The SMILES string of the molecule is CCCC1C23C=C4CCC2(C(=CC2CCC5C6CC(CN(C6)C6=CCC(C)CC46)CN5C2CC2CCCCC2)OC3=O)C12OC(=O)c1c(CCCN)cccc12. The van der Waals surface area contributed by atoms with Crippen molar-refractivity contribution in [1.29, 1.82) is 0 Å². The molecule has 0 aromatic heterocycles. The minimum atomic E-state index is -0.933. The first-order valence-corrected chi connectivity index (χ1v) is 23.3. The number of fused-ring (bicyclic) bond motifs is 2. The average Bonchev–Trinajstić information content (AvgIpc) is 3.65. The Morgan fingerprint density at radius 3 is 2.73 bits per heavy atom. The van der Waals surface area contributed by atoms with Gasteiger partial charge in [0, 0.05) is 54.8 Å². The zero-order chi connectivity index (χ0) is 38.0. The highest BCUT2D eigenvalue weighted by molar-refractivity contribution is 5.99. The fourth-order valence-corrected chi connectivity index (χ4v) is 15.7. The predicted molar refractivity (Wildman–Crippen MR) is 217 cm³/mol. The number of benzene rings is 1. The molecule has 300 valence electrons. The van der Waals surface area contributed by atoms with Crippen LogP contribution in [0, 0.1) is 52.3 Å². The van der Waals surface area contributed by atoms with Crippen LogP contribution in [-0.2, 0) is 26.3 Å². The quantitative estimate of drug-likeness (QED) is 0.220. The largest absolute Gasteiger partial charge is 0.449 e. The van der Waals surface area contributed by atoms with Gasteiger partial charge in [-0.3, -0.25) is 9.69 Å². The summed E-state index contributed by atoms with van der Waals surface area (Å²) in [5.74, 6) is 3.78. The van der Waals surface area contributed by atoms with Gasteiger partial charge in [-0.25, -0.2) is 4.79 Å². The van der Waals surface area contributed by atoms with Crippen molar-refractivity contribution >= 4 is 11.9 Å². The van der Waals surface area contributed by atoms with Gasteiger partial charge in [-0.05, 0) is 118 Å². The maximum absolute atomic E-state index is 15.3. The molecule has 6 fully saturated rings. The monoisotopic (exact) mass is 759 g/mol. The maximum atomic E-state index is 15.3. The van der Waals surface area contributed by atoms with Crippen LogP contribution in [0.4, 0.5) is 0 Å². The van der Waals surface area contributed by atoms with Gasteiger partial charge in [0.25, 0.3) is 0 Å². The first-order valence-electron chi connectivity index (χ1n) is 23.3. The van der Waals surface area contributed by atoms with Crippen molar-refractivity contribution in [1.82, 2.24) is 9.80 Å². The Labute approximate surface area is 334 Å². The van der Waals surface area contributed by atoms with Crippen LogP contribution in [0.15, 0.2) is 53.5 Å². The highest BCUT2D eigenvalue weighted by atomic mass is 16.6. The molecule has 11 aliphatic heterocycles. The van der Waals surface area contributed by atoms with Crippen LogP contribution < -0.4 is 5.73 Å². The van der Waals surface area contributed by atoms with Crippen molar-refractivity contribution < 1.29 is 19.1 Å². The minimum absolute atomic E-state index is 0.0881. The summed E-state index contributed by atoms with van der Waals surface area (Å²) in [6, 6.07) is 7.48. The van der Waals surface area contributed by atoms with E-state index in [1.54, 1.807) is 5.70 Å². The zero-order valence-electron chi connectivity index (χ0n) is 34.1. The molecule has 2 saturated carbocycles. The number of rotatable bonds is 7. The number of carbonyl (C=O) groups is 2. The second-order valence-corrected chi connectivity index (χ2v) is 20.4. The molecule has 10 bridgehead atoms. The van der Waals surface area contributed by atoms with Crippen molar-refractivity contribution in [2.24, 2.45) is 58.0 Å². The number of hydrogen-bond donors (Lipinski definition) is 1. The smallest absolute Gasteiger partial charge is 0.339 e. The van der Waals surface area contributed by atoms with Crippen LogP contribution in [0.5, 0.6) is 0 Å². The maximum Gasteiger partial charge on any atom is 0.339 e. The summed E-state index contributed by atoms with van der Waals surface area (Å²) in [7, 11) is 0. The summed E-state index contributed by atoms with van der Waals surface area (Å²) in [5.41, 5.74) is 9.24. The zero-order valence-corrected chi connectivity index (χ0v) is 34.1. The fraction of sp³-hybridized carbons (Fsp3) is 0.714. The molecule has 2 N–H and O–H groups in total. The van der Waals surface area contributed by atoms with Gasteiger partial charge in [-0.15, -0.1) is 0 Å². The van der Waals surface area contributed by atoms with Crippen LogP contribution in [0.3, 0.4) is 0 Å². The lowest BCUT2D eigenvalue weighted by molar-refractivity contribution is -0.271. The topological polar surface area (TPSA) is 85.1 Å². The standard InChI is InChI=1S/C49H65N3O4/c1-3-9-42-47-26-35-19-20-48(47,49(42)38-14-7-12-33(13-8-21-50)44(38)45(53)56-49)43(55-46(47)54)25-34-16-18-39-36-23-32(27-51(29-36)40-17-15-30(2)22-37(35)40)28-52(39)41(34)24-31-10-5-4-6-11-31/h7,12,14,17,25-26,30-32,34,36-37,39,41-42H,3-6,8-11,13,15-16,18-24,27-29,50H2,1-2H3.